The van der Waals surface area contributed by atoms with Crippen LogP contribution < -0.4 is 5.56 Å². The summed E-state index contributed by atoms with van der Waals surface area (Å²) in [4.78, 5) is 30.5. The Labute approximate surface area is 150 Å². The van der Waals surface area contributed by atoms with Gasteiger partial charge in [0, 0.05) is 38.5 Å². The minimum Gasteiger partial charge on any atom is -0.349 e. The van der Waals surface area contributed by atoms with Gasteiger partial charge < -0.3 is 4.90 Å². The summed E-state index contributed by atoms with van der Waals surface area (Å²) in [5, 5.41) is 0. The van der Waals surface area contributed by atoms with Gasteiger partial charge in [0.1, 0.15) is 11.7 Å². The molecule has 1 unspecified atom stereocenters. The van der Waals surface area contributed by atoms with Crippen molar-refractivity contribution in [3.05, 3.63) is 27.4 Å². The topological polar surface area (TPSA) is 55.2 Å². The molecule has 1 aliphatic carbocycles. The first-order chi connectivity index (χ1) is 12.2. The molecule has 3 rings (SSSR count). The van der Waals surface area contributed by atoms with E-state index in [1.54, 1.807) is 14.1 Å². The number of rotatable bonds is 5. The average molecular weight is 371 g/mol. The summed E-state index contributed by atoms with van der Waals surface area (Å²) < 4.78 is 41.3. The van der Waals surface area contributed by atoms with Crippen molar-refractivity contribution in [2.45, 2.75) is 69.5 Å². The molecule has 1 amide bonds. The van der Waals surface area contributed by atoms with Gasteiger partial charge >= 0.3 is 6.18 Å². The van der Waals surface area contributed by atoms with Crippen molar-refractivity contribution >= 4 is 5.91 Å². The zero-order chi connectivity index (χ0) is 19.1. The Morgan fingerprint density at radius 2 is 1.96 bits per heavy atom. The van der Waals surface area contributed by atoms with Crippen LogP contribution in [0.5, 0.6) is 0 Å². The van der Waals surface area contributed by atoms with Gasteiger partial charge in [0.25, 0.3) is 5.56 Å². The smallest absolute Gasteiger partial charge is 0.349 e. The molecule has 2 heterocycles. The van der Waals surface area contributed by atoms with E-state index in [1.807, 2.05) is 0 Å². The molecule has 5 nitrogen and oxygen atoms in total. The Morgan fingerprint density at radius 1 is 1.27 bits per heavy atom. The highest BCUT2D eigenvalue weighted by Crippen LogP contribution is 2.43. The van der Waals surface area contributed by atoms with Crippen LogP contribution in [-0.2, 0) is 17.8 Å². The first-order valence-electron chi connectivity index (χ1n) is 9.10. The molecule has 2 aliphatic rings. The highest BCUT2D eigenvalue weighted by molar-refractivity contribution is 5.75. The summed E-state index contributed by atoms with van der Waals surface area (Å²) in [7, 11) is 3.34. The Balaban J connectivity index is 1.93. The maximum absolute atomic E-state index is 13.4. The lowest BCUT2D eigenvalue weighted by molar-refractivity contribution is -0.156. The molecule has 0 radical (unpaired) electrons. The van der Waals surface area contributed by atoms with Gasteiger partial charge in [-0.1, -0.05) is 0 Å². The molecule has 1 aliphatic heterocycles. The predicted molar refractivity (Wildman–Crippen MR) is 90.1 cm³/mol. The first-order valence-corrected chi connectivity index (χ1v) is 9.10. The van der Waals surface area contributed by atoms with E-state index in [2.05, 4.69) is 4.98 Å². The second-order valence-corrected chi connectivity index (χ2v) is 7.44. The number of aromatic nitrogens is 2. The quantitative estimate of drug-likeness (QED) is 0.800. The number of hydrogen-bond donors (Lipinski definition) is 0. The molecule has 1 aromatic heterocycles. The van der Waals surface area contributed by atoms with Gasteiger partial charge in [-0.2, -0.15) is 13.2 Å². The number of halogens is 3. The van der Waals surface area contributed by atoms with Crippen molar-refractivity contribution in [1.29, 1.82) is 0 Å². The van der Waals surface area contributed by atoms with Gasteiger partial charge in [-0.25, -0.2) is 4.98 Å². The van der Waals surface area contributed by atoms with Crippen molar-refractivity contribution in [2.24, 2.45) is 0 Å². The standard InChI is InChI=1S/C18H24F3N3O2/c1-23(2)14(25)7-3-5-12-15(11-8-9-11)22-16-13(18(19,20)21)6-4-10-24(16)17(12)26/h11,13H,3-10H2,1-2H3. The van der Waals surface area contributed by atoms with Gasteiger partial charge in [0.05, 0.1) is 5.69 Å². The number of nitrogens with zero attached hydrogens (tertiary/aromatic N) is 3. The van der Waals surface area contributed by atoms with Crippen LogP contribution in [0.2, 0.25) is 0 Å². The maximum Gasteiger partial charge on any atom is 0.398 e. The Hall–Kier alpha value is -1.86. The van der Waals surface area contributed by atoms with E-state index < -0.39 is 12.1 Å². The number of fused-ring (bicyclic) bond motifs is 1. The summed E-state index contributed by atoms with van der Waals surface area (Å²) >= 11 is 0. The van der Waals surface area contributed by atoms with Crippen molar-refractivity contribution in [2.75, 3.05) is 14.1 Å². The van der Waals surface area contributed by atoms with E-state index >= 15 is 0 Å². The lowest BCUT2D eigenvalue weighted by atomic mass is 9.96. The van der Waals surface area contributed by atoms with E-state index in [0.29, 0.717) is 36.9 Å². The number of carbonyl (C=O) groups is 1. The van der Waals surface area contributed by atoms with Crippen molar-refractivity contribution < 1.29 is 18.0 Å². The fourth-order valence-electron chi connectivity index (χ4n) is 3.57. The molecule has 0 spiro atoms. The highest BCUT2D eigenvalue weighted by Gasteiger charge is 2.45. The minimum absolute atomic E-state index is 0.0171. The van der Waals surface area contributed by atoms with E-state index in [9.17, 15) is 22.8 Å². The lowest BCUT2D eigenvalue weighted by Crippen LogP contribution is -2.38. The largest absolute Gasteiger partial charge is 0.398 e. The second-order valence-electron chi connectivity index (χ2n) is 7.44. The van der Waals surface area contributed by atoms with Crippen LogP contribution in [0, 0.1) is 0 Å². The molecule has 0 aromatic carbocycles. The van der Waals surface area contributed by atoms with Gasteiger partial charge in [-0.05, 0) is 38.5 Å². The van der Waals surface area contributed by atoms with E-state index in [-0.39, 0.29) is 36.2 Å². The number of hydrogen-bond acceptors (Lipinski definition) is 3. The average Bonchev–Trinajstić information content (AvgIpc) is 3.39. The van der Waals surface area contributed by atoms with Crippen LogP contribution in [0.3, 0.4) is 0 Å². The van der Waals surface area contributed by atoms with Crippen molar-refractivity contribution in [1.82, 2.24) is 14.5 Å². The molecule has 8 heteroatoms. The number of carbonyl (C=O) groups excluding carboxylic acids is 1. The monoisotopic (exact) mass is 371 g/mol. The first kappa shape index (κ1) is 18.9. The second kappa shape index (κ2) is 7.04. The van der Waals surface area contributed by atoms with Crippen LogP contribution in [0.25, 0.3) is 0 Å². The Morgan fingerprint density at radius 3 is 2.54 bits per heavy atom. The lowest BCUT2D eigenvalue weighted by Gasteiger charge is -2.28. The normalized spacial score (nSPS) is 20.0. The van der Waals surface area contributed by atoms with E-state index in [1.165, 1.54) is 9.47 Å². The molecule has 0 bridgehead atoms. The summed E-state index contributed by atoms with van der Waals surface area (Å²) in [6.07, 6.45) is -1.18. The van der Waals surface area contributed by atoms with Crippen LogP contribution in [-0.4, -0.2) is 40.6 Å². The van der Waals surface area contributed by atoms with Crippen molar-refractivity contribution in [3.63, 3.8) is 0 Å². The Bertz CT molecular complexity index is 751. The Kier molecular flexibility index (Phi) is 5.12. The van der Waals surface area contributed by atoms with Gasteiger partial charge in [0.2, 0.25) is 5.91 Å². The molecular weight excluding hydrogens is 347 g/mol. The highest BCUT2D eigenvalue weighted by atomic mass is 19.4. The third kappa shape index (κ3) is 3.78. The molecule has 144 valence electrons. The number of amides is 1. The summed E-state index contributed by atoms with van der Waals surface area (Å²) in [5.41, 5.74) is 0.698. The molecule has 0 N–H and O–H groups in total. The summed E-state index contributed by atoms with van der Waals surface area (Å²) in [6.45, 7) is 0.280. The van der Waals surface area contributed by atoms with Crippen LogP contribution in [0.1, 0.15) is 67.4 Å². The maximum atomic E-state index is 13.4. The molecule has 1 aromatic rings. The van der Waals surface area contributed by atoms with Gasteiger partial charge in [-0.15, -0.1) is 0 Å². The third-order valence-electron chi connectivity index (χ3n) is 5.19. The summed E-state index contributed by atoms with van der Waals surface area (Å²) in [6, 6.07) is 0. The fourth-order valence-corrected chi connectivity index (χ4v) is 3.57. The van der Waals surface area contributed by atoms with Gasteiger partial charge in [-0.3, -0.25) is 14.2 Å². The molecule has 26 heavy (non-hydrogen) atoms. The zero-order valence-corrected chi connectivity index (χ0v) is 15.1. The fraction of sp³-hybridized carbons (Fsp3) is 0.722. The minimum atomic E-state index is -4.39. The third-order valence-corrected chi connectivity index (χ3v) is 5.19. The van der Waals surface area contributed by atoms with E-state index in [4.69, 9.17) is 0 Å². The summed E-state index contributed by atoms with van der Waals surface area (Å²) in [5.74, 6) is -1.72. The van der Waals surface area contributed by atoms with Crippen LogP contribution in [0.4, 0.5) is 13.2 Å². The molecule has 0 saturated heterocycles. The molecular formula is C18H24F3N3O2. The van der Waals surface area contributed by atoms with Gasteiger partial charge in [0.15, 0.2) is 0 Å². The SMILES string of the molecule is CN(C)C(=O)CCCc1c(C2CC2)nc2n(c1=O)CCCC2C(F)(F)F. The predicted octanol–water partition coefficient (Wildman–Crippen LogP) is 2.97. The van der Waals surface area contributed by atoms with E-state index in [0.717, 1.165) is 12.8 Å². The molecule has 1 atom stereocenters. The zero-order valence-electron chi connectivity index (χ0n) is 15.1. The van der Waals surface area contributed by atoms with Crippen molar-refractivity contribution in [3.8, 4) is 0 Å². The number of alkyl halides is 3. The van der Waals surface area contributed by atoms with Crippen LogP contribution in [0.15, 0.2) is 4.79 Å². The van der Waals surface area contributed by atoms with Crippen LogP contribution >= 0.6 is 0 Å². The molecule has 1 fully saturated rings. The molecule has 1 saturated carbocycles.